The fourth-order valence-corrected chi connectivity index (χ4v) is 2.75. The number of hydrogen-bond donors (Lipinski definition) is 1. The van der Waals surface area contributed by atoms with Gasteiger partial charge in [0.1, 0.15) is 11.4 Å². The SMILES string of the molecule is CC(NC(=O)c1cnn(C)c1-n1cccc1)C1CCCO1. The molecule has 1 aliphatic heterocycles. The van der Waals surface area contributed by atoms with Gasteiger partial charge in [-0.15, -0.1) is 0 Å². The predicted octanol–water partition coefficient (Wildman–Crippen LogP) is 1.51. The highest BCUT2D eigenvalue weighted by molar-refractivity contribution is 5.97. The number of hydrogen-bond acceptors (Lipinski definition) is 3. The second-order valence-corrected chi connectivity index (χ2v) is 5.41. The minimum atomic E-state index is -0.116. The van der Waals surface area contributed by atoms with Crippen LogP contribution in [-0.2, 0) is 11.8 Å². The molecule has 0 bridgehead atoms. The first-order valence-electron chi connectivity index (χ1n) is 7.24. The van der Waals surface area contributed by atoms with Gasteiger partial charge in [-0.1, -0.05) is 0 Å². The Bertz CT molecular complexity index is 612. The summed E-state index contributed by atoms with van der Waals surface area (Å²) in [5, 5.41) is 7.23. The predicted molar refractivity (Wildman–Crippen MR) is 78.4 cm³/mol. The molecule has 0 aliphatic carbocycles. The zero-order valence-corrected chi connectivity index (χ0v) is 12.3. The molecule has 0 aromatic carbocycles. The molecule has 1 aliphatic rings. The average molecular weight is 288 g/mol. The van der Waals surface area contributed by atoms with Crippen LogP contribution in [0.2, 0.25) is 0 Å². The largest absolute Gasteiger partial charge is 0.376 e. The van der Waals surface area contributed by atoms with Crippen LogP contribution in [0.5, 0.6) is 0 Å². The van der Waals surface area contributed by atoms with Crippen molar-refractivity contribution in [3.8, 4) is 5.82 Å². The van der Waals surface area contributed by atoms with Gasteiger partial charge in [0.05, 0.1) is 18.3 Å². The molecule has 2 atom stereocenters. The maximum Gasteiger partial charge on any atom is 0.256 e. The van der Waals surface area contributed by atoms with Gasteiger partial charge in [-0.2, -0.15) is 5.10 Å². The van der Waals surface area contributed by atoms with Gasteiger partial charge in [0, 0.05) is 26.0 Å². The molecule has 1 amide bonds. The van der Waals surface area contributed by atoms with E-state index in [1.54, 1.807) is 10.9 Å². The Balaban J connectivity index is 1.79. The number of nitrogens with zero attached hydrogens (tertiary/aromatic N) is 3. The normalized spacial score (nSPS) is 19.6. The van der Waals surface area contributed by atoms with E-state index in [0.717, 1.165) is 25.3 Å². The van der Waals surface area contributed by atoms with Gasteiger partial charge < -0.3 is 14.6 Å². The minimum absolute atomic E-state index is 0.00211. The van der Waals surface area contributed by atoms with Gasteiger partial charge in [-0.3, -0.25) is 9.48 Å². The van der Waals surface area contributed by atoms with Crippen LogP contribution >= 0.6 is 0 Å². The third kappa shape index (κ3) is 2.71. The van der Waals surface area contributed by atoms with Crippen molar-refractivity contribution in [3.05, 3.63) is 36.3 Å². The Morgan fingerprint density at radius 2 is 2.24 bits per heavy atom. The van der Waals surface area contributed by atoms with Crippen molar-refractivity contribution in [2.45, 2.75) is 31.9 Å². The third-order valence-corrected chi connectivity index (χ3v) is 3.88. The van der Waals surface area contributed by atoms with Crippen LogP contribution in [0, 0.1) is 0 Å². The first-order chi connectivity index (χ1) is 10.2. The van der Waals surface area contributed by atoms with Crippen LogP contribution in [0.25, 0.3) is 5.82 Å². The van der Waals surface area contributed by atoms with E-state index in [1.165, 1.54) is 0 Å². The van der Waals surface area contributed by atoms with Crippen LogP contribution < -0.4 is 5.32 Å². The van der Waals surface area contributed by atoms with Crippen molar-refractivity contribution in [1.29, 1.82) is 0 Å². The Hall–Kier alpha value is -2.08. The summed E-state index contributed by atoms with van der Waals surface area (Å²) in [5.74, 6) is 0.645. The summed E-state index contributed by atoms with van der Waals surface area (Å²) in [7, 11) is 1.83. The molecule has 1 saturated heterocycles. The van der Waals surface area contributed by atoms with Gasteiger partial charge in [0.25, 0.3) is 5.91 Å². The fraction of sp³-hybridized carbons (Fsp3) is 0.467. The summed E-state index contributed by atoms with van der Waals surface area (Å²) >= 11 is 0. The molecule has 3 heterocycles. The molecule has 21 heavy (non-hydrogen) atoms. The van der Waals surface area contributed by atoms with Crippen LogP contribution in [0.4, 0.5) is 0 Å². The quantitative estimate of drug-likeness (QED) is 0.927. The molecule has 112 valence electrons. The van der Waals surface area contributed by atoms with E-state index in [1.807, 2.05) is 43.1 Å². The van der Waals surface area contributed by atoms with Gasteiger partial charge in [-0.05, 0) is 31.9 Å². The van der Waals surface area contributed by atoms with Gasteiger partial charge in [0.2, 0.25) is 0 Å². The molecule has 2 aromatic rings. The first-order valence-corrected chi connectivity index (χ1v) is 7.24. The van der Waals surface area contributed by atoms with Gasteiger partial charge in [-0.25, -0.2) is 0 Å². The summed E-state index contributed by atoms with van der Waals surface area (Å²) in [5.41, 5.74) is 0.568. The molecular formula is C15H20N4O2. The highest BCUT2D eigenvalue weighted by Gasteiger charge is 2.25. The number of amides is 1. The molecule has 2 unspecified atom stereocenters. The summed E-state index contributed by atoms with van der Waals surface area (Å²) in [6.07, 6.45) is 7.58. The number of nitrogens with one attached hydrogen (secondary N) is 1. The monoisotopic (exact) mass is 288 g/mol. The molecule has 2 aromatic heterocycles. The second kappa shape index (κ2) is 5.73. The first kappa shape index (κ1) is 13.9. The molecule has 3 rings (SSSR count). The summed E-state index contributed by atoms with van der Waals surface area (Å²) in [4.78, 5) is 12.5. The topological polar surface area (TPSA) is 61.1 Å². The third-order valence-electron chi connectivity index (χ3n) is 3.88. The van der Waals surface area contributed by atoms with E-state index < -0.39 is 0 Å². The Labute approximate surface area is 123 Å². The van der Waals surface area contributed by atoms with Crippen LogP contribution in [-0.4, -0.2) is 39.0 Å². The number of carbonyl (C=O) groups excluding carboxylic acids is 1. The maximum absolute atomic E-state index is 12.5. The Kier molecular flexibility index (Phi) is 3.79. The zero-order chi connectivity index (χ0) is 14.8. The van der Waals surface area contributed by atoms with Crippen molar-refractivity contribution in [1.82, 2.24) is 19.7 Å². The number of rotatable bonds is 4. The van der Waals surface area contributed by atoms with Crippen LogP contribution in [0.3, 0.4) is 0 Å². The number of carbonyl (C=O) groups is 1. The molecule has 6 heteroatoms. The maximum atomic E-state index is 12.5. The lowest BCUT2D eigenvalue weighted by Crippen LogP contribution is -2.41. The molecule has 0 radical (unpaired) electrons. The highest BCUT2D eigenvalue weighted by atomic mass is 16.5. The standard InChI is InChI=1S/C15H20N4O2/c1-11(13-6-5-9-21-13)17-14(20)12-10-16-18(2)15(12)19-7-3-4-8-19/h3-4,7-8,10-11,13H,5-6,9H2,1-2H3,(H,17,20). The second-order valence-electron chi connectivity index (χ2n) is 5.41. The van der Waals surface area contributed by atoms with E-state index in [2.05, 4.69) is 10.4 Å². The molecule has 0 saturated carbocycles. The Morgan fingerprint density at radius 3 is 2.90 bits per heavy atom. The van der Waals surface area contributed by atoms with Gasteiger partial charge in [0.15, 0.2) is 0 Å². The van der Waals surface area contributed by atoms with Crippen molar-refractivity contribution in [2.75, 3.05) is 6.61 Å². The lowest BCUT2D eigenvalue weighted by Gasteiger charge is -2.20. The van der Waals surface area contributed by atoms with E-state index in [9.17, 15) is 4.79 Å². The molecule has 0 spiro atoms. The number of aryl methyl sites for hydroxylation is 1. The van der Waals surface area contributed by atoms with Crippen LogP contribution in [0.1, 0.15) is 30.1 Å². The van der Waals surface area contributed by atoms with Crippen molar-refractivity contribution in [3.63, 3.8) is 0 Å². The molecule has 1 fully saturated rings. The lowest BCUT2D eigenvalue weighted by atomic mass is 10.1. The summed E-state index contributed by atoms with van der Waals surface area (Å²) in [6, 6.07) is 3.84. The van der Waals surface area contributed by atoms with E-state index in [4.69, 9.17) is 4.74 Å². The van der Waals surface area contributed by atoms with Crippen molar-refractivity contribution in [2.24, 2.45) is 7.05 Å². The number of aromatic nitrogens is 3. The molecule has 6 nitrogen and oxygen atoms in total. The van der Waals surface area contributed by atoms with E-state index >= 15 is 0 Å². The minimum Gasteiger partial charge on any atom is -0.376 e. The molecule has 1 N–H and O–H groups in total. The average Bonchev–Trinajstić information content (AvgIpc) is 3.19. The fourth-order valence-electron chi connectivity index (χ4n) is 2.75. The van der Waals surface area contributed by atoms with Crippen LogP contribution in [0.15, 0.2) is 30.7 Å². The van der Waals surface area contributed by atoms with E-state index in [-0.39, 0.29) is 18.1 Å². The molecular weight excluding hydrogens is 268 g/mol. The zero-order valence-electron chi connectivity index (χ0n) is 12.3. The smallest absolute Gasteiger partial charge is 0.256 e. The highest BCUT2D eigenvalue weighted by Crippen LogP contribution is 2.17. The van der Waals surface area contributed by atoms with Crippen molar-refractivity contribution < 1.29 is 9.53 Å². The number of ether oxygens (including phenoxy) is 1. The van der Waals surface area contributed by atoms with Gasteiger partial charge >= 0.3 is 0 Å². The lowest BCUT2D eigenvalue weighted by molar-refractivity contribution is 0.0712. The van der Waals surface area contributed by atoms with E-state index in [0.29, 0.717) is 5.56 Å². The Morgan fingerprint density at radius 1 is 1.48 bits per heavy atom. The van der Waals surface area contributed by atoms with Crippen molar-refractivity contribution >= 4 is 5.91 Å². The summed E-state index contributed by atoms with van der Waals surface area (Å²) in [6.45, 7) is 2.77. The summed E-state index contributed by atoms with van der Waals surface area (Å²) < 4.78 is 9.21.